The number of hydrogen-bond acceptors (Lipinski definition) is 2. The number of hydrogen-bond donors (Lipinski definition) is 0. The van der Waals surface area contributed by atoms with Crippen molar-refractivity contribution >= 4 is 21.7 Å². The zero-order valence-electron chi connectivity index (χ0n) is 16.3. The predicted molar refractivity (Wildman–Crippen MR) is 121 cm³/mol. The summed E-state index contributed by atoms with van der Waals surface area (Å²) in [6.45, 7) is 2.67. The number of nitrogens with zero attached hydrogens (tertiary/aromatic N) is 1. The SMILES string of the molecule is CCOc1ccc(-c2cc(-c3ccccc3)nc3ccc4ccccc4c23)cc1. The second-order valence-electron chi connectivity index (χ2n) is 7.06. The molecular formula is C27H21NO. The van der Waals surface area contributed by atoms with Crippen LogP contribution in [0.5, 0.6) is 5.75 Å². The molecule has 0 aliphatic carbocycles. The molecule has 0 aliphatic heterocycles. The first kappa shape index (κ1) is 17.4. The molecule has 1 aromatic heterocycles. The maximum Gasteiger partial charge on any atom is 0.119 e. The molecule has 0 N–H and O–H groups in total. The normalized spacial score (nSPS) is 11.1. The molecular weight excluding hydrogens is 354 g/mol. The minimum atomic E-state index is 0.667. The fourth-order valence-corrected chi connectivity index (χ4v) is 3.89. The van der Waals surface area contributed by atoms with Crippen molar-refractivity contribution in [3.8, 4) is 28.1 Å². The Morgan fingerprint density at radius 2 is 1.48 bits per heavy atom. The van der Waals surface area contributed by atoms with Crippen molar-refractivity contribution < 1.29 is 4.74 Å². The van der Waals surface area contributed by atoms with E-state index >= 15 is 0 Å². The van der Waals surface area contributed by atoms with Gasteiger partial charge in [0.1, 0.15) is 5.75 Å². The standard InChI is InChI=1S/C27H21NO/c1-2-29-22-15-12-20(13-16-22)24-18-26(21-9-4-3-5-10-21)28-25-17-14-19-8-6-7-11-23(19)27(24)25/h3-18H,2H2,1H3. The van der Waals surface area contributed by atoms with E-state index in [0.29, 0.717) is 6.61 Å². The van der Waals surface area contributed by atoms with Gasteiger partial charge in [-0.3, -0.25) is 0 Å². The molecule has 0 atom stereocenters. The first-order valence-corrected chi connectivity index (χ1v) is 9.94. The highest BCUT2D eigenvalue weighted by atomic mass is 16.5. The van der Waals surface area contributed by atoms with Crippen LogP contribution in [0.25, 0.3) is 44.1 Å². The van der Waals surface area contributed by atoms with Crippen LogP contribution in [0.4, 0.5) is 0 Å². The summed E-state index contributed by atoms with van der Waals surface area (Å²) in [5.41, 5.74) is 5.46. The van der Waals surface area contributed by atoms with Gasteiger partial charge in [0.15, 0.2) is 0 Å². The second-order valence-corrected chi connectivity index (χ2v) is 7.06. The third kappa shape index (κ3) is 3.23. The van der Waals surface area contributed by atoms with E-state index in [1.807, 2.05) is 25.1 Å². The van der Waals surface area contributed by atoms with Crippen molar-refractivity contribution in [3.63, 3.8) is 0 Å². The zero-order chi connectivity index (χ0) is 19.6. The Labute approximate surface area is 170 Å². The van der Waals surface area contributed by atoms with Crippen molar-refractivity contribution in [3.05, 3.63) is 97.1 Å². The van der Waals surface area contributed by atoms with Gasteiger partial charge in [-0.25, -0.2) is 4.98 Å². The number of aromatic nitrogens is 1. The number of benzene rings is 4. The molecule has 2 nitrogen and oxygen atoms in total. The summed E-state index contributed by atoms with van der Waals surface area (Å²) in [5.74, 6) is 0.891. The Hall–Kier alpha value is -3.65. The number of rotatable bonds is 4. The maximum absolute atomic E-state index is 5.64. The summed E-state index contributed by atoms with van der Waals surface area (Å²) in [7, 11) is 0. The third-order valence-electron chi connectivity index (χ3n) is 5.24. The average molecular weight is 375 g/mol. The van der Waals surface area contributed by atoms with E-state index in [1.165, 1.54) is 21.7 Å². The van der Waals surface area contributed by atoms with Crippen molar-refractivity contribution in [2.45, 2.75) is 6.92 Å². The van der Waals surface area contributed by atoms with Gasteiger partial charge in [-0.2, -0.15) is 0 Å². The summed E-state index contributed by atoms with van der Waals surface area (Å²) in [5, 5.41) is 3.63. The predicted octanol–water partition coefficient (Wildman–Crippen LogP) is 7.12. The molecule has 0 aliphatic rings. The van der Waals surface area contributed by atoms with Crippen LogP contribution in [0.3, 0.4) is 0 Å². The molecule has 0 saturated heterocycles. The van der Waals surface area contributed by atoms with Crippen molar-refractivity contribution in [2.75, 3.05) is 6.61 Å². The summed E-state index contributed by atoms with van der Waals surface area (Å²) in [6.07, 6.45) is 0. The van der Waals surface area contributed by atoms with E-state index in [0.717, 1.165) is 28.1 Å². The van der Waals surface area contributed by atoms with Crippen LogP contribution in [0.15, 0.2) is 97.1 Å². The molecule has 0 radical (unpaired) electrons. The Balaban J connectivity index is 1.81. The summed E-state index contributed by atoms with van der Waals surface area (Å²) in [6, 6.07) is 33.7. The molecule has 5 aromatic rings. The Kier molecular flexibility index (Phi) is 4.45. The smallest absolute Gasteiger partial charge is 0.119 e. The van der Waals surface area contributed by atoms with Crippen LogP contribution in [-0.4, -0.2) is 11.6 Å². The van der Waals surface area contributed by atoms with Gasteiger partial charge in [-0.1, -0.05) is 72.8 Å². The fourth-order valence-electron chi connectivity index (χ4n) is 3.89. The second kappa shape index (κ2) is 7.40. The monoisotopic (exact) mass is 375 g/mol. The van der Waals surface area contributed by atoms with Crippen LogP contribution in [0, 0.1) is 0 Å². The lowest BCUT2D eigenvalue weighted by Crippen LogP contribution is -1.93. The summed E-state index contributed by atoms with van der Waals surface area (Å²) < 4.78 is 5.64. The molecule has 1 heterocycles. The quantitative estimate of drug-likeness (QED) is 0.312. The maximum atomic E-state index is 5.64. The molecule has 0 amide bonds. The molecule has 0 fully saturated rings. The highest BCUT2D eigenvalue weighted by Gasteiger charge is 2.12. The number of fused-ring (bicyclic) bond motifs is 3. The molecule has 4 aromatic carbocycles. The molecule has 0 spiro atoms. The van der Waals surface area contributed by atoms with Crippen LogP contribution in [0.2, 0.25) is 0 Å². The van der Waals surface area contributed by atoms with Crippen molar-refractivity contribution in [1.29, 1.82) is 0 Å². The van der Waals surface area contributed by atoms with E-state index in [1.54, 1.807) is 0 Å². The zero-order valence-corrected chi connectivity index (χ0v) is 16.3. The molecule has 5 rings (SSSR count). The third-order valence-corrected chi connectivity index (χ3v) is 5.24. The van der Waals surface area contributed by atoms with Gasteiger partial charge in [-0.05, 0) is 53.1 Å². The van der Waals surface area contributed by atoms with Gasteiger partial charge < -0.3 is 4.74 Å². The minimum Gasteiger partial charge on any atom is -0.494 e. The first-order chi connectivity index (χ1) is 14.3. The lowest BCUT2D eigenvalue weighted by molar-refractivity contribution is 0.340. The molecule has 0 saturated carbocycles. The van der Waals surface area contributed by atoms with E-state index in [4.69, 9.17) is 9.72 Å². The van der Waals surface area contributed by atoms with Gasteiger partial charge in [-0.15, -0.1) is 0 Å². The largest absolute Gasteiger partial charge is 0.494 e. The van der Waals surface area contributed by atoms with Crippen molar-refractivity contribution in [2.24, 2.45) is 0 Å². The van der Waals surface area contributed by atoms with E-state index < -0.39 is 0 Å². The molecule has 0 unspecified atom stereocenters. The van der Waals surface area contributed by atoms with Crippen molar-refractivity contribution in [1.82, 2.24) is 4.98 Å². The van der Waals surface area contributed by atoms with Gasteiger partial charge in [0, 0.05) is 10.9 Å². The van der Waals surface area contributed by atoms with Crippen LogP contribution < -0.4 is 4.74 Å². The van der Waals surface area contributed by atoms with Crippen LogP contribution >= 0.6 is 0 Å². The summed E-state index contributed by atoms with van der Waals surface area (Å²) >= 11 is 0. The van der Waals surface area contributed by atoms with Gasteiger partial charge in [0.2, 0.25) is 0 Å². The highest BCUT2D eigenvalue weighted by molar-refractivity contribution is 6.13. The Morgan fingerprint density at radius 3 is 2.28 bits per heavy atom. The molecule has 2 heteroatoms. The minimum absolute atomic E-state index is 0.667. The number of pyridine rings is 1. The Morgan fingerprint density at radius 1 is 0.724 bits per heavy atom. The van der Waals surface area contributed by atoms with Crippen LogP contribution in [0.1, 0.15) is 6.92 Å². The molecule has 29 heavy (non-hydrogen) atoms. The fraction of sp³-hybridized carbons (Fsp3) is 0.0741. The summed E-state index contributed by atoms with van der Waals surface area (Å²) in [4.78, 5) is 5.00. The van der Waals surface area contributed by atoms with E-state index in [9.17, 15) is 0 Å². The van der Waals surface area contributed by atoms with Gasteiger partial charge in [0.25, 0.3) is 0 Å². The van der Waals surface area contributed by atoms with E-state index in [2.05, 4.69) is 78.9 Å². The first-order valence-electron chi connectivity index (χ1n) is 9.94. The van der Waals surface area contributed by atoms with Gasteiger partial charge >= 0.3 is 0 Å². The molecule has 0 bridgehead atoms. The molecule has 140 valence electrons. The lowest BCUT2D eigenvalue weighted by Gasteiger charge is -2.13. The van der Waals surface area contributed by atoms with E-state index in [-0.39, 0.29) is 0 Å². The lowest BCUT2D eigenvalue weighted by atomic mass is 9.94. The Bertz CT molecular complexity index is 1290. The average Bonchev–Trinajstić information content (AvgIpc) is 2.79. The topological polar surface area (TPSA) is 22.1 Å². The van der Waals surface area contributed by atoms with Gasteiger partial charge in [0.05, 0.1) is 17.8 Å². The number of ether oxygens (including phenoxy) is 1. The van der Waals surface area contributed by atoms with Crippen LogP contribution in [-0.2, 0) is 0 Å². The highest BCUT2D eigenvalue weighted by Crippen LogP contribution is 2.36.